The molecule has 0 saturated carbocycles. The van der Waals surface area contributed by atoms with Crippen molar-refractivity contribution in [2.75, 3.05) is 11.5 Å². The van der Waals surface area contributed by atoms with E-state index in [-0.39, 0.29) is 18.1 Å². The molecular formula is C10H17NO3S. The molecule has 0 saturated heterocycles. The molecule has 0 fully saturated rings. The first-order valence-corrected chi connectivity index (χ1v) is 6.85. The molecule has 86 valence electrons. The maximum absolute atomic E-state index is 11.4. The predicted molar refractivity (Wildman–Crippen MR) is 59.3 cm³/mol. The highest BCUT2D eigenvalue weighted by molar-refractivity contribution is 7.91. The summed E-state index contributed by atoms with van der Waals surface area (Å²) in [4.78, 5) is 0. The Hall–Kier alpha value is -0.810. The normalized spacial score (nSPS) is 11.9. The van der Waals surface area contributed by atoms with Crippen molar-refractivity contribution in [1.29, 1.82) is 0 Å². The molecule has 0 aromatic carbocycles. The summed E-state index contributed by atoms with van der Waals surface area (Å²) in [5, 5.41) is 8.83. The van der Waals surface area contributed by atoms with Crippen LogP contribution in [0.1, 0.15) is 18.9 Å². The number of aromatic nitrogens is 1. The smallest absolute Gasteiger partial charge is 0.152 e. The third-order valence-corrected chi connectivity index (χ3v) is 4.00. The molecule has 15 heavy (non-hydrogen) atoms. The van der Waals surface area contributed by atoms with Crippen molar-refractivity contribution in [3.63, 3.8) is 0 Å². The number of rotatable bonds is 6. The Morgan fingerprint density at radius 3 is 2.67 bits per heavy atom. The van der Waals surface area contributed by atoms with Gasteiger partial charge in [0.05, 0.1) is 12.4 Å². The highest BCUT2D eigenvalue weighted by Crippen LogP contribution is 2.02. The van der Waals surface area contributed by atoms with Gasteiger partial charge in [0.25, 0.3) is 0 Å². The molecule has 1 rings (SSSR count). The number of sulfone groups is 1. The van der Waals surface area contributed by atoms with E-state index >= 15 is 0 Å². The van der Waals surface area contributed by atoms with Gasteiger partial charge in [-0.3, -0.25) is 0 Å². The van der Waals surface area contributed by atoms with Crippen LogP contribution in [0.25, 0.3) is 0 Å². The molecule has 0 radical (unpaired) electrons. The van der Waals surface area contributed by atoms with Gasteiger partial charge in [-0.25, -0.2) is 8.42 Å². The van der Waals surface area contributed by atoms with E-state index in [0.717, 1.165) is 5.56 Å². The van der Waals surface area contributed by atoms with Gasteiger partial charge in [0, 0.05) is 24.7 Å². The van der Waals surface area contributed by atoms with Gasteiger partial charge < -0.3 is 9.67 Å². The molecule has 1 aromatic rings. The van der Waals surface area contributed by atoms with Crippen LogP contribution in [-0.4, -0.2) is 29.6 Å². The van der Waals surface area contributed by atoms with E-state index in [4.69, 9.17) is 5.11 Å². The fourth-order valence-electron chi connectivity index (χ4n) is 1.38. The summed E-state index contributed by atoms with van der Waals surface area (Å²) in [6.07, 6.45) is 4.21. The van der Waals surface area contributed by atoms with E-state index in [9.17, 15) is 8.42 Å². The molecule has 1 heterocycles. The summed E-state index contributed by atoms with van der Waals surface area (Å²) in [7, 11) is -2.91. The van der Waals surface area contributed by atoms with Crippen LogP contribution < -0.4 is 0 Å². The molecular weight excluding hydrogens is 214 g/mol. The second-order valence-electron chi connectivity index (χ2n) is 3.57. The summed E-state index contributed by atoms with van der Waals surface area (Å²) in [5.74, 6) is 0.418. The van der Waals surface area contributed by atoms with Crippen molar-refractivity contribution in [3.05, 3.63) is 24.0 Å². The maximum atomic E-state index is 11.4. The number of hydrogen-bond donors (Lipinski definition) is 1. The Bertz CT molecular complexity index is 395. The molecule has 0 aliphatic rings. The Morgan fingerprint density at radius 2 is 2.13 bits per heavy atom. The van der Waals surface area contributed by atoms with Gasteiger partial charge in [-0.15, -0.1) is 0 Å². The van der Waals surface area contributed by atoms with Crippen molar-refractivity contribution in [3.8, 4) is 0 Å². The van der Waals surface area contributed by atoms with Crippen molar-refractivity contribution in [2.45, 2.75) is 26.5 Å². The van der Waals surface area contributed by atoms with Crippen molar-refractivity contribution >= 4 is 9.84 Å². The van der Waals surface area contributed by atoms with E-state index in [1.54, 1.807) is 23.0 Å². The lowest BCUT2D eigenvalue weighted by Crippen LogP contribution is -2.14. The number of aryl methyl sites for hydroxylation is 1. The number of hydrogen-bond acceptors (Lipinski definition) is 3. The van der Waals surface area contributed by atoms with Crippen LogP contribution in [0.15, 0.2) is 18.5 Å². The van der Waals surface area contributed by atoms with E-state index in [0.29, 0.717) is 13.0 Å². The molecule has 5 heteroatoms. The Balaban J connectivity index is 2.50. The Labute approximate surface area is 90.5 Å². The average Bonchev–Trinajstić information content (AvgIpc) is 2.62. The zero-order valence-corrected chi connectivity index (χ0v) is 9.70. The largest absolute Gasteiger partial charge is 0.392 e. The highest BCUT2D eigenvalue weighted by atomic mass is 32.2. The topological polar surface area (TPSA) is 59.3 Å². The van der Waals surface area contributed by atoms with Gasteiger partial charge in [-0.2, -0.15) is 0 Å². The molecule has 0 spiro atoms. The quantitative estimate of drug-likeness (QED) is 0.788. The minimum absolute atomic E-state index is 0.00525. The Morgan fingerprint density at radius 1 is 1.40 bits per heavy atom. The summed E-state index contributed by atoms with van der Waals surface area (Å²) in [6.45, 7) is 2.31. The zero-order valence-electron chi connectivity index (χ0n) is 8.89. The first-order valence-electron chi connectivity index (χ1n) is 5.03. The first kappa shape index (κ1) is 12.3. The second-order valence-corrected chi connectivity index (χ2v) is 5.87. The lowest BCUT2D eigenvalue weighted by molar-refractivity contribution is 0.281. The third-order valence-electron chi connectivity index (χ3n) is 2.17. The van der Waals surface area contributed by atoms with Gasteiger partial charge >= 0.3 is 0 Å². The monoisotopic (exact) mass is 231 g/mol. The molecule has 0 aliphatic heterocycles. The van der Waals surface area contributed by atoms with Crippen LogP contribution in [-0.2, 0) is 23.0 Å². The fraction of sp³-hybridized carbons (Fsp3) is 0.600. The van der Waals surface area contributed by atoms with Crippen LogP contribution in [0.4, 0.5) is 0 Å². The van der Waals surface area contributed by atoms with Crippen molar-refractivity contribution in [1.82, 2.24) is 4.57 Å². The average molecular weight is 231 g/mol. The number of nitrogens with zero attached hydrogens (tertiary/aromatic N) is 1. The zero-order chi connectivity index (χ0) is 11.3. The van der Waals surface area contributed by atoms with Gasteiger partial charge in [-0.05, 0) is 18.1 Å². The van der Waals surface area contributed by atoms with Crippen molar-refractivity contribution in [2.24, 2.45) is 0 Å². The molecule has 0 unspecified atom stereocenters. The van der Waals surface area contributed by atoms with Crippen LogP contribution in [0.2, 0.25) is 0 Å². The molecule has 4 nitrogen and oxygen atoms in total. The van der Waals surface area contributed by atoms with Gasteiger partial charge in [0.15, 0.2) is 9.84 Å². The SMILES string of the molecule is CCCS(=O)(=O)CCn1ccc(CO)c1. The standard InChI is InChI=1S/C10H17NO3S/c1-2-6-15(13,14)7-5-11-4-3-10(8-11)9-12/h3-4,8,12H,2,5-7,9H2,1H3. The fourth-order valence-corrected chi connectivity index (χ4v) is 2.70. The Kier molecular flexibility index (Phi) is 4.35. The third kappa shape index (κ3) is 4.05. The minimum Gasteiger partial charge on any atom is -0.392 e. The van der Waals surface area contributed by atoms with Gasteiger partial charge in [0.1, 0.15) is 0 Å². The van der Waals surface area contributed by atoms with Crippen LogP contribution in [0, 0.1) is 0 Å². The van der Waals surface area contributed by atoms with Crippen LogP contribution >= 0.6 is 0 Å². The van der Waals surface area contributed by atoms with E-state index in [2.05, 4.69) is 0 Å². The lowest BCUT2D eigenvalue weighted by Gasteiger charge is -2.03. The van der Waals surface area contributed by atoms with Gasteiger partial charge in [-0.1, -0.05) is 6.92 Å². The molecule has 1 aromatic heterocycles. The lowest BCUT2D eigenvalue weighted by atomic mass is 10.4. The van der Waals surface area contributed by atoms with E-state index in [1.807, 2.05) is 6.92 Å². The van der Waals surface area contributed by atoms with E-state index in [1.165, 1.54) is 0 Å². The summed E-state index contributed by atoms with van der Waals surface area (Å²) in [5.41, 5.74) is 0.808. The summed E-state index contributed by atoms with van der Waals surface area (Å²) in [6, 6.07) is 1.78. The molecule has 1 N–H and O–H groups in total. The van der Waals surface area contributed by atoms with E-state index < -0.39 is 9.84 Å². The van der Waals surface area contributed by atoms with Crippen LogP contribution in [0.5, 0.6) is 0 Å². The maximum Gasteiger partial charge on any atom is 0.152 e. The van der Waals surface area contributed by atoms with Crippen LogP contribution in [0.3, 0.4) is 0 Å². The summed E-state index contributed by atoms with van der Waals surface area (Å²) < 4.78 is 24.6. The molecule has 0 amide bonds. The highest BCUT2D eigenvalue weighted by Gasteiger charge is 2.08. The molecule has 0 bridgehead atoms. The minimum atomic E-state index is -2.91. The summed E-state index contributed by atoms with van der Waals surface area (Å²) >= 11 is 0. The molecule has 0 atom stereocenters. The number of aliphatic hydroxyl groups excluding tert-OH is 1. The second kappa shape index (κ2) is 5.32. The van der Waals surface area contributed by atoms with Crippen molar-refractivity contribution < 1.29 is 13.5 Å². The van der Waals surface area contributed by atoms with Gasteiger partial charge in [0.2, 0.25) is 0 Å². The first-order chi connectivity index (χ1) is 7.07. The predicted octanol–water partition coefficient (Wildman–Crippen LogP) is 0.805. The number of aliphatic hydroxyl groups is 1. The molecule has 0 aliphatic carbocycles.